The first-order valence-corrected chi connectivity index (χ1v) is 9.72. The first-order valence-electron chi connectivity index (χ1n) is 8.74. The molecule has 142 valence electrons. The number of rotatable bonds is 8. The summed E-state index contributed by atoms with van der Waals surface area (Å²) in [5.74, 6) is 1.48. The number of hydrogen-bond donors (Lipinski definition) is 3. The van der Waals surface area contributed by atoms with Crippen molar-refractivity contribution in [2.24, 2.45) is 0 Å². The first kappa shape index (κ1) is 18.9. The van der Waals surface area contributed by atoms with Gasteiger partial charge in [0.25, 0.3) is 0 Å². The summed E-state index contributed by atoms with van der Waals surface area (Å²) in [7, 11) is 0. The Morgan fingerprint density at radius 3 is 2.81 bits per heavy atom. The molecule has 0 spiro atoms. The number of nitrogens with two attached hydrogens (primary N) is 1. The Kier molecular flexibility index (Phi) is 6.07. The number of aromatic amines is 1. The van der Waals surface area contributed by atoms with Gasteiger partial charge >= 0.3 is 5.69 Å². The highest BCUT2D eigenvalue weighted by molar-refractivity contribution is 7.98. The fraction of sp³-hybridized carbons (Fsp3) is 0.353. The monoisotopic (exact) mass is 386 g/mol. The van der Waals surface area contributed by atoms with Gasteiger partial charge in [-0.3, -0.25) is 4.57 Å². The number of nitrogen functional groups attached to an aromatic ring is 1. The number of nitrogens with zero attached hydrogens (tertiary/aromatic N) is 5. The molecule has 9 nitrogen and oxygen atoms in total. The molecule has 0 bridgehead atoms. The lowest BCUT2D eigenvalue weighted by Gasteiger charge is -2.10. The molecule has 2 heterocycles. The Bertz CT molecular complexity index is 968. The minimum atomic E-state index is -0.215. The Balaban J connectivity index is 1.77. The lowest BCUT2D eigenvalue weighted by molar-refractivity contribution is 0.603. The van der Waals surface area contributed by atoms with Gasteiger partial charge in [0.2, 0.25) is 11.9 Å². The SMILES string of the molecule is CCCn1c(SCc2nc(N)nc(Nc3ccccc3CC)n2)n[nH]c1=O. The number of aryl methyl sites for hydroxylation is 1. The van der Waals surface area contributed by atoms with E-state index in [2.05, 4.69) is 37.4 Å². The van der Waals surface area contributed by atoms with Gasteiger partial charge in [0.1, 0.15) is 5.82 Å². The zero-order chi connectivity index (χ0) is 19.2. The van der Waals surface area contributed by atoms with E-state index in [4.69, 9.17) is 5.73 Å². The summed E-state index contributed by atoms with van der Waals surface area (Å²) < 4.78 is 1.60. The number of thioether (sulfide) groups is 1. The van der Waals surface area contributed by atoms with Gasteiger partial charge < -0.3 is 11.1 Å². The molecule has 2 aromatic heterocycles. The molecule has 0 unspecified atom stereocenters. The van der Waals surface area contributed by atoms with Crippen LogP contribution in [0.3, 0.4) is 0 Å². The zero-order valence-corrected chi connectivity index (χ0v) is 16.1. The summed E-state index contributed by atoms with van der Waals surface area (Å²) in [5, 5.41) is 10.3. The second-order valence-electron chi connectivity index (χ2n) is 5.82. The summed E-state index contributed by atoms with van der Waals surface area (Å²) in [6.07, 6.45) is 1.73. The van der Waals surface area contributed by atoms with E-state index < -0.39 is 0 Å². The van der Waals surface area contributed by atoms with Crippen molar-refractivity contribution in [3.8, 4) is 0 Å². The molecule has 3 rings (SSSR count). The molecule has 0 saturated heterocycles. The smallest absolute Gasteiger partial charge is 0.343 e. The number of anilines is 3. The molecule has 1 aromatic carbocycles. The lowest BCUT2D eigenvalue weighted by Crippen LogP contribution is -2.17. The molecule has 0 aliphatic carbocycles. The van der Waals surface area contributed by atoms with E-state index in [1.54, 1.807) is 4.57 Å². The molecule has 3 aromatic rings. The van der Waals surface area contributed by atoms with E-state index in [9.17, 15) is 4.79 Å². The molecule has 0 fully saturated rings. The van der Waals surface area contributed by atoms with Gasteiger partial charge in [0.15, 0.2) is 5.16 Å². The van der Waals surface area contributed by atoms with Crippen LogP contribution in [0.2, 0.25) is 0 Å². The van der Waals surface area contributed by atoms with Crippen molar-refractivity contribution >= 4 is 29.3 Å². The van der Waals surface area contributed by atoms with E-state index in [1.807, 2.05) is 31.2 Å². The third-order valence-corrected chi connectivity index (χ3v) is 4.82. The van der Waals surface area contributed by atoms with Crippen molar-refractivity contribution in [2.75, 3.05) is 11.1 Å². The second kappa shape index (κ2) is 8.67. The van der Waals surface area contributed by atoms with Gasteiger partial charge in [0, 0.05) is 12.2 Å². The first-order chi connectivity index (χ1) is 13.1. The average molecular weight is 386 g/mol. The Morgan fingerprint density at radius 2 is 2.04 bits per heavy atom. The van der Waals surface area contributed by atoms with Crippen molar-refractivity contribution in [1.82, 2.24) is 29.7 Å². The van der Waals surface area contributed by atoms with Crippen LogP contribution in [-0.2, 0) is 18.7 Å². The molecule has 0 atom stereocenters. The molecule has 0 aliphatic rings. The van der Waals surface area contributed by atoms with Crippen LogP contribution in [0.1, 0.15) is 31.7 Å². The fourth-order valence-corrected chi connectivity index (χ4v) is 3.42. The minimum absolute atomic E-state index is 0.144. The van der Waals surface area contributed by atoms with Crippen LogP contribution < -0.4 is 16.7 Å². The normalized spacial score (nSPS) is 10.9. The van der Waals surface area contributed by atoms with Crippen molar-refractivity contribution in [3.05, 3.63) is 46.1 Å². The highest BCUT2D eigenvalue weighted by Crippen LogP contribution is 2.22. The van der Waals surface area contributed by atoms with Crippen LogP contribution in [0.4, 0.5) is 17.6 Å². The van der Waals surface area contributed by atoms with E-state index in [-0.39, 0.29) is 11.6 Å². The Hall–Kier alpha value is -2.88. The molecule has 0 amide bonds. The van der Waals surface area contributed by atoms with E-state index in [1.165, 1.54) is 11.8 Å². The topological polar surface area (TPSA) is 127 Å². The minimum Gasteiger partial charge on any atom is -0.368 e. The van der Waals surface area contributed by atoms with Crippen LogP contribution in [0, 0.1) is 0 Å². The summed E-state index contributed by atoms with van der Waals surface area (Å²) in [6.45, 7) is 4.70. The van der Waals surface area contributed by atoms with Crippen molar-refractivity contribution in [1.29, 1.82) is 0 Å². The summed E-state index contributed by atoms with van der Waals surface area (Å²) in [4.78, 5) is 24.6. The number of benzene rings is 1. The number of H-pyrrole nitrogens is 1. The van der Waals surface area contributed by atoms with Gasteiger partial charge in [-0.25, -0.2) is 9.89 Å². The molecule has 4 N–H and O–H groups in total. The maximum Gasteiger partial charge on any atom is 0.343 e. The van der Waals surface area contributed by atoms with E-state index in [0.717, 1.165) is 24.1 Å². The molecule has 27 heavy (non-hydrogen) atoms. The molecule has 0 saturated carbocycles. The summed E-state index contributed by atoms with van der Waals surface area (Å²) in [5.41, 5.74) is 7.73. The maximum absolute atomic E-state index is 11.8. The lowest BCUT2D eigenvalue weighted by atomic mass is 10.1. The molecule has 0 radical (unpaired) electrons. The van der Waals surface area contributed by atoms with Crippen LogP contribution in [0.15, 0.2) is 34.2 Å². The number of nitrogens with one attached hydrogen (secondary N) is 2. The van der Waals surface area contributed by atoms with E-state index in [0.29, 0.717) is 29.2 Å². The summed E-state index contributed by atoms with van der Waals surface area (Å²) in [6, 6.07) is 7.97. The maximum atomic E-state index is 11.8. The van der Waals surface area contributed by atoms with Crippen molar-refractivity contribution in [2.45, 2.75) is 44.1 Å². The fourth-order valence-electron chi connectivity index (χ4n) is 2.59. The second-order valence-corrected chi connectivity index (χ2v) is 6.76. The third kappa shape index (κ3) is 4.64. The van der Waals surface area contributed by atoms with Crippen LogP contribution >= 0.6 is 11.8 Å². The van der Waals surface area contributed by atoms with Crippen LogP contribution in [0.5, 0.6) is 0 Å². The van der Waals surface area contributed by atoms with Crippen molar-refractivity contribution < 1.29 is 0 Å². The number of hydrogen-bond acceptors (Lipinski definition) is 8. The Labute approximate surface area is 160 Å². The highest BCUT2D eigenvalue weighted by atomic mass is 32.2. The van der Waals surface area contributed by atoms with Gasteiger partial charge in [-0.05, 0) is 24.5 Å². The van der Waals surface area contributed by atoms with Gasteiger partial charge in [0.05, 0.1) is 5.75 Å². The summed E-state index contributed by atoms with van der Waals surface area (Å²) >= 11 is 1.38. The largest absolute Gasteiger partial charge is 0.368 e. The van der Waals surface area contributed by atoms with Gasteiger partial charge in [-0.1, -0.05) is 43.8 Å². The number of aromatic nitrogens is 6. The number of para-hydroxylation sites is 1. The molecular formula is C17H22N8OS. The van der Waals surface area contributed by atoms with Crippen molar-refractivity contribution in [3.63, 3.8) is 0 Å². The highest BCUT2D eigenvalue weighted by Gasteiger charge is 2.11. The quantitative estimate of drug-likeness (QED) is 0.503. The van der Waals surface area contributed by atoms with Gasteiger partial charge in [-0.2, -0.15) is 15.0 Å². The van der Waals surface area contributed by atoms with E-state index >= 15 is 0 Å². The predicted octanol–water partition coefficient (Wildman–Crippen LogP) is 2.35. The Morgan fingerprint density at radius 1 is 1.22 bits per heavy atom. The molecule has 0 aliphatic heterocycles. The standard InChI is InChI=1S/C17H22N8OS/c1-3-9-25-16(26)23-24-17(25)27-10-13-20-14(18)22-15(21-13)19-12-8-6-5-7-11(12)4-2/h5-8H,3-4,9-10H2,1-2H3,(H,23,26)(H3,18,19,20,21,22). The van der Waals surface area contributed by atoms with Gasteiger partial charge in [-0.15, -0.1) is 5.10 Å². The zero-order valence-electron chi connectivity index (χ0n) is 15.3. The molecule has 10 heteroatoms. The van der Waals surface area contributed by atoms with Crippen LogP contribution in [-0.4, -0.2) is 29.7 Å². The molecular weight excluding hydrogens is 364 g/mol. The predicted molar refractivity (Wildman–Crippen MR) is 106 cm³/mol. The van der Waals surface area contributed by atoms with Crippen LogP contribution in [0.25, 0.3) is 0 Å². The average Bonchev–Trinajstić information content (AvgIpc) is 3.00. The third-order valence-electron chi connectivity index (χ3n) is 3.84.